The number of hydrogen-bond donors (Lipinski definition) is 0. The molecule has 0 atom stereocenters. The predicted octanol–water partition coefficient (Wildman–Crippen LogP) is 4.60. The highest BCUT2D eigenvalue weighted by atomic mass is 32.1. The van der Waals surface area contributed by atoms with Crippen molar-refractivity contribution in [2.24, 2.45) is 15.3 Å². The van der Waals surface area contributed by atoms with Gasteiger partial charge >= 0.3 is 5.00 Å². The zero-order chi connectivity index (χ0) is 17.4. The van der Waals surface area contributed by atoms with E-state index in [1.165, 1.54) is 0 Å². The Kier molecular flexibility index (Phi) is 6.17. The van der Waals surface area contributed by atoms with Gasteiger partial charge < -0.3 is 4.90 Å². The van der Waals surface area contributed by atoms with Crippen LogP contribution in [0.1, 0.15) is 6.92 Å². The normalized spacial score (nSPS) is 10.5. The van der Waals surface area contributed by atoms with Gasteiger partial charge in [-0.2, -0.15) is 0 Å². The van der Waals surface area contributed by atoms with Crippen LogP contribution in [0.4, 0.5) is 21.5 Å². The number of rotatable bonds is 8. The van der Waals surface area contributed by atoms with Crippen LogP contribution in [0.25, 0.3) is 10.4 Å². The van der Waals surface area contributed by atoms with E-state index in [0.29, 0.717) is 18.8 Å². The highest BCUT2D eigenvalue weighted by Crippen LogP contribution is 2.29. The Balaban J connectivity index is 2.03. The van der Waals surface area contributed by atoms with Crippen LogP contribution >= 0.6 is 11.3 Å². The van der Waals surface area contributed by atoms with E-state index in [4.69, 9.17) is 5.53 Å². The van der Waals surface area contributed by atoms with Crippen molar-refractivity contribution >= 4 is 32.8 Å². The first-order valence-electron chi connectivity index (χ1n) is 7.02. The van der Waals surface area contributed by atoms with Gasteiger partial charge in [0.2, 0.25) is 5.13 Å². The number of hydrogen-bond acceptors (Lipinski definition) is 8. The maximum absolute atomic E-state index is 10.6. The highest BCUT2D eigenvalue weighted by Gasteiger charge is 2.10. The largest absolute Gasteiger partial charge is 0.372 e. The fraction of sp³-hybridized carbons (Fsp3) is 0.308. The SMILES string of the molecule is CCN(CCN=[N+]=[N-])c1ccc(N=Nc2ncc([N+](=O)[O-])s2)cc1. The third-order valence-corrected chi connectivity index (χ3v) is 3.88. The standard InChI is InChI=1S/C13H14N8O2S/c1-2-20(8-7-16-19-14)11-5-3-10(4-6-11)17-18-13-15-9-12(24-13)21(22)23/h3-6,9H,2,7-8H2,1H3. The molecule has 0 spiro atoms. The first kappa shape index (κ1) is 17.3. The van der Waals surface area contributed by atoms with Crippen molar-refractivity contribution in [3.8, 4) is 0 Å². The van der Waals surface area contributed by atoms with E-state index in [1.54, 1.807) is 12.1 Å². The van der Waals surface area contributed by atoms with E-state index in [2.05, 4.69) is 30.1 Å². The Hall–Kier alpha value is -3.04. The van der Waals surface area contributed by atoms with Gasteiger partial charge in [-0.3, -0.25) is 10.1 Å². The molecule has 11 heteroatoms. The number of benzene rings is 1. The van der Waals surface area contributed by atoms with Crippen LogP contribution in [0.5, 0.6) is 0 Å². The van der Waals surface area contributed by atoms with Gasteiger partial charge in [-0.05, 0) is 48.1 Å². The second kappa shape index (κ2) is 8.56. The van der Waals surface area contributed by atoms with Crippen molar-refractivity contribution in [3.05, 3.63) is 51.0 Å². The first-order chi connectivity index (χ1) is 11.6. The van der Waals surface area contributed by atoms with Crippen LogP contribution in [0, 0.1) is 10.1 Å². The zero-order valence-corrected chi connectivity index (χ0v) is 13.6. The van der Waals surface area contributed by atoms with Crippen molar-refractivity contribution in [3.63, 3.8) is 0 Å². The molecule has 10 nitrogen and oxygen atoms in total. The quantitative estimate of drug-likeness (QED) is 0.227. The van der Waals surface area contributed by atoms with Gasteiger partial charge in [-0.1, -0.05) is 5.11 Å². The van der Waals surface area contributed by atoms with E-state index in [-0.39, 0.29) is 10.1 Å². The second-order valence-electron chi connectivity index (χ2n) is 4.49. The Morgan fingerprint density at radius 3 is 2.71 bits per heavy atom. The van der Waals surface area contributed by atoms with E-state index in [1.807, 2.05) is 19.1 Å². The fourth-order valence-electron chi connectivity index (χ4n) is 1.90. The van der Waals surface area contributed by atoms with Crippen molar-refractivity contribution < 1.29 is 4.92 Å². The molecule has 1 aromatic heterocycles. The third-order valence-electron chi connectivity index (χ3n) is 3.04. The van der Waals surface area contributed by atoms with Crippen molar-refractivity contribution in [2.45, 2.75) is 6.92 Å². The fourth-order valence-corrected chi connectivity index (χ4v) is 2.45. The van der Waals surface area contributed by atoms with Gasteiger partial charge in [-0.25, -0.2) is 4.98 Å². The molecule has 0 bridgehead atoms. The summed E-state index contributed by atoms with van der Waals surface area (Å²) in [5.41, 5.74) is 9.91. The lowest BCUT2D eigenvalue weighted by Crippen LogP contribution is -2.25. The summed E-state index contributed by atoms with van der Waals surface area (Å²) >= 11 is 0.865. The van der Waals surface area contributed by atoms with Gasteiger partial charge in [0.25, 0.3) is 0 Å². The number of likely N-dealkylation sites (N-methyl/N-ethyl adjacent to an activating group) is 1. The van der Waals surface area contributed by atoms with Crippen LogP contribution in [-0.2, 0) is 0 Å². The summed E-state index contributed by atoms with van der Waals surface area (Å²) in [6, 6.07) is 7.35. The van der Waals surface area contributed by atoms with E-state index < -0.39 is 4.92 Å². The molecule has 0 unspecified atom stereocenters. The minimum absolute atomic E-state index is 0.0714. The molecule has 2 rings (SSSR count). The molecule has 1 heterocycles. The molecular weight excluding hydrogens is 332 g/mol. The van der Waals surface area contributed by atoms with Gasteiger partial charge in [0.1, 0.15) is 6.20 Å². The average molecular weight is 346 g/mol. The van der Waals surface area contributed by atoms with Crippen LogP contribution < -0.4 is 4.90 Å². The summed E-state index contributed by atoms with van der Waals surface area (Å²) in [4.78, 5) is 18.7. The predicted molar refractivity (Wildman–Crippen MR) is 91.3 cm³/mol. The molecule has 0 aliphatic rings. The van der Waals surface area contributed by atoms with Crippen LogP contribution in [0.15, 0.2) is 45.8 Å². The summed E-state index contributed by atoms with van der Waals surface area (Å²) in [5.74, 6) is 0. The van der Waals surface area contributed by atoms with Crippen LogP contribution in [0.2, 0.25) is 0 Å². The molecule has 0 saturated heterocycles. The monoisotopic (exact) mass is 346 g/mol. The van der Waals surface area contributed by atoms with E-state index in [0.717, 1.165) is 29.8 Å². The van der Waals surface area contributed by atoms with E-state index >= 15 is 0 Å². The van der Waals surface area contributed by atoms with Crippen LogP contribution in [0.3, 0.4) is 0 Å². The number of nitrogens with zero attached hydrogens (tertiary/aromatic N) is 8. The lowest BCUT2D eigenvalue weighted by molar-refractivity contribution is -0.380. The lowest BCUT2D eigenvalue weighted by atomic mass is 10.2. The molecular formula is C13H14N8O2S. The molecule has 0 aliphatic heterocycles. The number of nitro groups is 1. The molecule has 0 amide bonds. The molecule has 124 valence electrons. The molecule has 2 aromatic rings. The molecule has 0 saturated carbocycles. The number of anilines is 1. The summed E-state index contributed by atoms with van der Waals surface area (Å²) in [7, 11) is 0. The molecule has 0 N–H and O–H groups in total. The van der Waals surface area contributed by atoms with Gasteiger partial charge in [0, 0.05) is 30.2 Å². The van der Waals surface area contributed by atoms with Crippen LogP contribution in [-0.4, -0.2) is 29.5 Å². The number of azide groups is 1. The zero-order valence-electron chi connectivity index (χ0n) is 12.8. The Morgan fingerprint density at radius 2 is 2.12 bits per heavy atom. The van der Waals surface area contributed by atoms with Crippen molar-refractivity contribution in [2.75, 3.05) is 24.5 Å². The molecule has 0 fully saturated rings. The Labute approximate surface area is 141 Å². The molecule has 0 aliphatic carbocycles. The lowest BCUT2D eigenvalue weighted by Gasteiger charge is -2.22. The minimum Gasteiger partial charge on any atom is -0.372 e. The maximum atomic E-state index is 10.6. The van der Waals surface area contributed by atoms with E-state index in [9.17, 15) is 10.1 Å². The smallest absolute Gasteiger partial charge is 0.345 e. The summed E-state index contributed by atoms with van der Waals surface area (Å²) in [6.07, 6.45) is 1.16. The Morgan fingerprint density at radius 1 is 1.38 bits per heavy atom. The highest BCUT2D eigenvalue weighted by molar-refractivity contribution is 7.18. The maximum Gasteiger partial charge on any atom is 0.345 e. The van der Waals surface area contributed by atoms with Gasteiger partial charge in [0.05, 0.1) is 10.6 Å². The second-order valence-corrected chi connectivity index (χ2v) is 5.48. The number of azo groups is 1. The molecule has 1 aromatic carbocycles. The summed E-state index contributed by atoms with van der Waals surface area (Å²) < 4.78 is 0. The summed E-state index contributed by atoms with van der Waals surface area (Å²) in [5, 5.41) is 22.2. The summed E-state index contributed by atoms with van der Waals surface area (Å²) in [6.45, 7) is 3.82. The molecule has 0 radical (unpaired) electrons. The average Bonchev–Trinajstić information content (AvgIpc) is 3.07. The van der Waals surface area contributed by atoms with Gasteiger partial charge in [0.15, 0.2) is 0 Å². The van der Waals surface area contributed by atoms with Gasteiger partial charge in [-0.15, -0.1) is 10.2 Å². The third kappa shape index (κ3) is 4.73. The number of thiazole rings is 1. The van der Waals surface area contributed by atoms with Crippen molar-refractivity contribution in [1.29, 1.82) is 0 Å². The Bertz CT molecular complexity index is 767. The number of aromatic nitrogens is 1. The molecule has 24 heavy (non-hydrogen) atoms. The topological polar surface area (TPSA) is 133 Å². The minimum atomic E-state index is -0.513. The first-order valence-corrected chi connectivity index (χ1v) is 7.83. The van der Waals surface area contributed by atoms with Crippen molar-refractivity contribution in [1.82, 2.24) is 4.98 Å².